The number of alkyl carbamates (subject to hydrolysis) is 1. The van der Waals surface area contributed by atoms with E-state index < -0.39 is 42.2 Å². The van der Waals surface area contributed by atoms with Crippen LogP contribution < -0.4 is 5.32 Å². The molecule has 2 N–H and O–H groups in total. The van der Waals surface area contributed by atoms with Crippen LogP contribution in [0.3, 0.4) is 0 Å². The predicted octanol–water partition coefficient (Wildman–Crippen LogP) is 7.64. The molecule has 1 aliphatic heterocycles. The third kappa shape index (κ3) is 7.22. The Hall–Kier alpha value is -5.12. The van der Waals surface area contributed by atoms with Crippen molar-refractivity contribution in [2.24, 2.45) is 10.4 Å². The number of hydrogen-bond acceptors (Lipinski definition) is 6. The van der Waals surface area contributed by atoms with Gasteiger partial charge in [0.15, 0.2) is 5.54 Å². The summed E-state index contributed by atoms with van der Waals surface area (Å²) in [5.74, 6) is -0.685. The van der Waals surface area contributed by atoms with E-state index in [1.165, 1.54) is 29.4 Å². The second-order valence-electron chi connectivity index (χ2n) is 12.5. The topological polar surface area (TPSA) is 113 Å². The van der Waals surface area contributed by atoms with Crippen molar-refractivity contribution in [2.45, 2.75) is 51.9 Å². The molecule has 1 aromatic heterocycles. The molecule has 1 aliphatic rings. The molecule has 2 atom stereocenters. The number of aliphatic hydroxyl groups excluding tert-OH is 1. The Bertz CT molecular complexity index is 1870. The Morgan fingerprint density at radius 1 is 1.10 bits per heavy atom. The normalized spacial score (nSPS) is 16.9. The molecular formula is C35H33ClF2N6O4. The SMILES string of the molecule is [C-]#[N+]c1cc([C@@H](CO)N2C(=O)[C@@](CC(C)(C)C)(c3ccc(-c4cnn(C(F)F)c4)cc3)N=C2NC(=O)OCc2ccccc2)ccc1Cl. The largest absolute Gasteiger partial charge is 0.444 e. The van der Waals surface area contributed by atoms with Crippen LogP contribution in [0.1, 0.15) is 56.5 Å². The van der Waals surface area contributed by atoms with Crippen LogP contribution in [0, 0.1) is 12.0 Å². The summed E-state index contributed by atoms with van der Waals surface area (Å²) in [5.41, 5.74) is 0.735. The first kappa shape index (κ1) is 34.2. The maximum Gasteiger partial charge on any atom is 0.414 e. The van der Waals surface area contributed by atoms with Crippen molar-refractivity contribution in [2.75, 3.05) is 6.61 Å². The molecule has 0 radical (unpaired) electrons. The van der Waals surface area contributed by atoms with Crippen LogP contribution in [0.5, 0.6) is 0 Å². The second kappa shape index (κ2) is 13.9. The third-order valence-corrected chi connectivity index (χ3v) is 8.09. The van der Waals surface area contributed by atoms with E-state index in [9.17, 15) is 23.5 Å². The number of carbonyl (C=O) groups is 2. The molecule has 4 aromatic rings. The number of nitrogens with zero attached hydrogens (tertiary/aromatic N) is 5. The summed E-state index contributed by atoms with van der Waals surface area (Å²) in [7, 11) is 0. The van der Waals surface area contributed by atoms with E-state index in [1.807, 2.05) is 39.0 Å². The number of halogens is 3. The van der Waals surface area contributed by atoms with E-state index in [2.05, 4.69) is 15.3 Å². The van der Waals surface area contributed by atoms with Crippen LogP contribution in [-0.4, -0.2) is 44.4 Å². The number of nitrogens with one attached hydrogen (secondary N) is 1. The minimum atomic E-state index is -2.79. The standard InChI is InChI=1S/C35H33ClF2N6O4/c1-34(2,3)21-35(26-13-10-23(11-14-26)25-17-40-43(18-25)31(37)38)30(46)44(29(19-45)24-12-15-27(36)28(16-24)39-4)32(42-35)41-33(47)48-20-22-8-6-5-7-9-22/h5-18,29,31,45H,19-21H2,1-3H3,(H,41,42,47)/t29-,35-/m1/s1. The van der Waals surface area contributed by atoms with Gasteiger partial charge in [-0.15, -0.1) is 0 Å². The van der Waals surface area contributed by atoms with Crippen molar-refractivity contribution in [1.82, 2.24) is 20.0 Å². The summed E-state index contributed by atoms with van der Waals surface area (Å²) in [6.07, 6.45) is 1.87. The lowest BCUT2D eigenvalue weighted by atomic mass is 9.75. The molecule has 13 heteroatoms. The zero-order valence-electron chi connectivity index (χ0n) is 26.4. The van der Waals surface area contributed by atoms with Gasteiger partial charge in [0.2, 0.25) is 11.6 Å². The van der Waals surface area contributed by atoms with E-state index in [-0.39, 0.29) is 29.7 Å². The number of aromatic nitrogens is 2. The Morgan fingerprint density at radius 3 is 2.42 bits per heavy atom. The van der Waals surface area contributed by atoms with Gasteiger partial charge in [-0.3, -0.25) is 15.0 Å². The van der Waals surface area contributed by atoms with Crippen LogP contribution in [0.25, 0.3) is 16.0 Å². The van der Waals surface area contributed by atoms with Gasteiger partial charge in [0.25, 0.3) is 5.91 Å². The number of aliphatic hydroxyl groups is 1. The summed E-state index contributed by atoms with van der Waals surface area (Å²) < 4.78 is 32.3. The summed E-state index contributed by atoms with van der Waals surface area (Å²) in [5, 5.41) is 17.2. The molecule has 3 aromatic carbocycles. The Balaban J connectivity index is 1.58. The first-order chi connectivity index (χ1) is 22.8. The van der Waals surface area contributed by atoms with Crippen molar-refractivity contribution in [1.29, 1.82) is 0 Å². The summed E-state index contributed by atoms with van der Waals surface area (Å²) >= 11 is 6.19. The average molecular weight is 675 g/mol. The Labute approximate surface area is 281 Å². The highest BCUT2D eigenvalue weighted by Crippen LogP contribution is 2.45. The van der Waals surface area contributed by atoms with Gasteiger partial charge in [-0.2, -0.15) is 13.9 Å². The van der Waals surface area contributed by atoms with Crippen molar-refractivity contribution in [3.8, 4) is 11.1 Å². The summed E-state index contributed by atoms with van der Waals surface area (Å²) in [4.78, 5) is 37.5. The van der Waals surface area contributed by atoms with Gasteiger partial charge in [0.05, 0.1) is 25.4 Å². The molecule has 0 saturated heterocycles. The van der Waals surface area contributed by atoms with Crippen LogP contribution in [0.2, 0.25) is 5.02 Å². The minimum absolute atomic E-state index is 0.0420. The van der Waals surface area contributed by atoms with Crippen molar-refractivity contribution < 1.29 is 28.2 Å². The quantitative estimate of drug-likeness (QED) is 0.177. The van der Waals surface area contributed by atoms with Gasteiger partial charge in [-0.1, -0.05) is 99.1 Å². The van der Waals surface area contributed by atoms with Crippen LogP contribution >= 0.6 is 11.6 Å². The number of amides is 2. The third-order valence-electron chi connectivity index (χ3n) is 7.77. The highest BCUT2D eigenvalue weighted by molar-refractivity contribution is 6.33. The van der Waals surface area contributed by atoms with Gasteiger partial charge in [-0.25, -0.2) is 19.3 Å². The monoisotopic (exact) mass is 674 g/mol. The number of aliphatic imine (C=N–C) groups is 1. The lowest BCUT2D eigenvalue weighted by Crippen LogP contribution is -2.49. The maximum atomic E-state index is 14.8. The van der Waals surface area contributed by atoms with Crippen LogP contribution in [0.15, 0.2) is 90.2 Å². The smallest absolute Gasteiger partial charge is 0.414 e. The zero-order chi connectivity index (χ0) is 34.6. The molecule has 5 rings (SSSR count). The van der Waals surface area contributed by atoms with Crippen LogP contribution in [0.4, 0.5) is 19.3 Å². The van der Waals surface area contributed by atoms with E-state index in [4.69, 9.17) is 27.9 Å². The molecule has 10 nitrogen and oxygen atoms in total. The van der Waals surface area contributed by atoms with Gasteiger partial charge >= 0.3 is 12.6 Å². The van der Waals surface area contributed by atoms with Gasteiger partial charge in [-0.05, 0) is 40.2 Å². The number of guanidine groups is 1. The van der Waals surface area contributed by atoms with Crippen molar-refractivity contribution in [3.05, 3.63) is 118 Å². The maximum absolute atomic E-state index is 14.8. The number of ether oxygens (including phenoxy) is 1. The molecule has 0 bridgehead atoms. The number of hydrogen-bond donors (Lipinski definition) is 2. The molecule has 0 unspecified atom stereocenters. The van der Waals surface area contributed by atoms with E-state index >= 15 is 0 Å². The van der Waals surface area contributed by atoms with Gasteiger partial charge in [0, 0.05) is 16.8 Å². The number of carbonyl (C=O) groups excluding carboxylic acids is 2. The summed E-state index contributed by atoms with van der Waals surface area (Å²) in [6, 6.07) is 19.3. The molecular weight excluding hydrogens is 642 g/mol. The lowest BCUT2D eigenvalue weighted by Gasteiger charge is -2.34. The lowest BCUT2D eigenvalue weighted by molar-refractivity contribution is -0.135. The molecule has 2 amide bonds. The van der Waals surface area contributed by atoms with Gasteiger partial charge in [0.1, 0.15) is 6.61 Å². The fourth-order valence-electron chi connectivity index (χ4n) is 5.67. The minimum Gasteiger partial charge on any atom is -0.444 e. The number of benzene rings is 3. The zero-order valence-corrected chi connectivity index (χ0v) is 27.2. The molecule has 2 heterocycles. The Morgan fingerprint density at radius 2 is 1.81 bits per heavy atom. The Kier molecular flexibility index (Phi) is 9.93. The molecule has 0 spiro atoms. The van der Waals surface area contributed by atoms with E-state index in [0.717, 1.165) is 5.56 Å². The molecule has 0 aliphatic carbocycles. The predicted molar refractivity (Wildman–Crippen MR) is 176 cm³/mol. The number of alkyl halides is 2. The first-order valence-corrected chi connectivity index (χ1v) is 15.4. The van der Waals surface area contributed by atoms with E-state index in [1.54, 1.807) is 42.5 Å². The fourth-order valence-corrected chi connectivity index (χ4v) is 5.83. The highest BCUT2D eigenvalue weighted by atomic mass is 35.5. The molecule has 248 valence electrons. The molecule has 48 heavy (non-hydrogen) atoms. The average Bonchev–Trinajstić information content (AvgIpc) is 3.65. The van der Waals surface area contributed by atoms with Gasteiger partial charge < -0.3 is 9.84 Å². The molecule has 0 saturated carbocycles. The highest BCUT2D eigenvalue weighted by Gasteiger charge is 2.54. The second-order valence-corrected chi connectivity index (χ2v) is 12.9. The number of rotatable bonds is 9. The molecule has 0 fully saturated rings. The fraction of sp³-hybridized carbons (Fsp3) is 0.286. The summed E-state index contributed by atoms with van der Waals surface area (Å²) in [6.45, 7) is 9.93. The van der Waals surface area contributed by atoms with Crippen molar-refractivity contribution in [3.63, 3.8) is 0 Å². The van der Waals surface area contributed by atoms with E-state index in [0.29, 0.717) is 26.9 Å². The van der Waals surface area contributed by atoms with Crippen molar-refractivity contribution >= 4 is 35.2 Å². The van der Waals surface area contributed by atoms with Crippen LogP contribution in [-0.2, 0) is 21.7 Å². The first-order valence-electron chi connectivity index (χ1n) is 15.0.